The van der Waals surface area contributed by atoms with Crippen molar-refractivity contribution in [3.63, 3.8) is 0 Å². The standard InChI is InChI=1S/C13H20N2OS2/c1-3-6-13(7-4-2,11(14)17)12(16)15-10-5-8-18-9-10/h5,8-9H,3-4,6-7H2,1-2H3,(H2,14,17)(H,15,16). The highest BCUT2D eigenvalue weighted by Gasteiger charge is 2.39. The van der Waals surface area contributed by atoms with Gasteiger partial charge in [-0.05, 0) is 24.3 Å². The average Bonchev–Trinajstić information content (AvgIpc) is 2.80. The minimum absolute atomic E-state index is 0.0721. The van der Waals surface area contributed by atoms with Crippen LogP contribution in [0.3, 0.4) is 0 Å². The second-order valence-corrected chi connectivity index (χ2v) is 5.63. The molecular weight excluding hydrogens is 264 g/mol. The summed E-state index contributed by atoms with van der Waals surface area (Å²) >= 11 is 6.70. The van der Waals surface area contributed by atoms with Crippen molar-refractivity contribution < 1.29 is 4.79 Å². The predicted molar refractivity (Wildman–Crippen MR) is 82.0 cm³/mol. The molecule has 0 spiro atoms. The Bertz CT molecular complexity index is 395. The summed E-state index contributed by atoms with van der Waals surface area (Å²) in [5.74, 6) is -0.0721. The molecule has 0 aliphatic carbocycles. The summed E-state index contributed by atoms with van der Waals surface area (Å²) in [6, 6.07) is 1.88. The number of thiophene rings is 1. The van der Waals surface area contributed by atoms with Gasteiger partial charge in [0.15, 0.2) is 0 Å². The molecule has 18 heavy (non-hydrogen) atoms. The van der Waals surface area contributed by atoms with Gasteiger partial charge in [0.1, 0.15) is 0 Å². The van der Waals surface area contributed by atoms with Gasteiger partial charge < -0.3 is 11.1 Å². The first-order chi connectivity index (χ1) is 8.56. The van der Waals surface area contributed by atoms with E-state index in [2.05, 4.69) is 5.32 Å². The zero-order valence-electron chi connectivity index (χ0n) is 10.9. The van der Waals surface area contributed by atoms with E-state index in [1.54, 1.807) is 11.3 Å². The Morgan fingerprint density at radius 2 is 2.06 bits per heavy atom. The highest BCUT2D eigenvalue weighted by Crippen LogP contribution is 2.32. The van der Waals surface area contributed by atoms with Gasteiger partial charge in [-0.25, -0.2) is 0 Å². The van der Waals surface area contributed by atoms with Crippen LogP contribution in [0.5, 0.6) is 0 Å². The molecule has 0 radical (unpaired) electrons. The van der Waals surface area contributed by atoms with Crippen molar-refractivity contribution in [2.24, 2.45) is 11.1 Å². The number of nitrogens with one attached hydrogen (secondary N) is 1. The summed E-state index contributed by atoms with van der Waals surface area (Å²) in [6.45, 7) is 4.08. The molecular formula is C13H20N2OS2. The molecule has 3 nitrogen and oxygen atoms in total. The molecule has 5 heteroatoms. The summed E-state index contributed by atoms with van der Waals surface area (Å²) in [7, 11) is 0. The van der Waals surface area contributed by atoms with Crippen LogP contribution in [0, 0.1) is 5.41 Å². The fraction of sp³-hybridized carbons (Fsp3) is 0.538. The van der Waals surface area contributed by atoms with Gasteiger partial charge in [0.2, 0.25) is 5.91 Å². The van der Waals surface area contributed by atoms with Gasteiger partial charge in [-0.2, -0.15) is 11.3 Å². The maximum absolute atomic E-state index is 12.5. The number of rotatable bonds is 7. The molecule has 1 heterocycles. The van der Waals surface area contributed by atoms with E-state index >= 15 is 0 Å². The van der Waals surface area contributed by atoms with Gasteiger partial charge in [0.25, 0.3) is 0 Å². The lowest BCUT2D eigenvalue weighted by Gasteiger charge is -2.30. The molecule has 1 aromatic rings. The number of hydrogen-bond donors (Lipinski definition) is 2. The topological polar surface area (TPSA) is 55.1 Å². The van der Waals surface area contributed by atoms with Crippen molar-refractivity contribution >= 4 is 40.1 Å². The van der Waals surface area contributed by atoms with Crippen LogP contribution in [-0.4, -0.2) is 10.9 Å². The van der Waals surface area contributed by atoms with Crippen molar-refractivity contribution in [3.05, 3.63) is 16.8 Å². The third-order valence-corrected chi connectivity index (χ3v) is 4.11. The van der Waals surface area contributed by atoms with Crippen LogP contribution in [0.1, 0.15) is 39.5 Å². The maximum atomic E-state index is 12.5. The van der Waals surface area contributed by atoms with Crippen LogP contribution in [0.15, 0.2) is 16.8 Å². The van der Waals surface area contributed by atoms with Crippen LogP contribution in [-0.2, 0) is 4.79 Å². The molecule has 100 valence electrons. The SMILES string of the molecule is CCCC(CCC)(C(=O)Nc1ccsc1)C(N)=S. The number of amides is 1. The Morgan fingerprint density at radius 1 is 1.44 bits per heavy atom. The fourth-order valence-electron chi connectivity index (χ4n) is 2.15. The number of hydrogen-bond acceptors (Lipinski definition) is 3. The van der Waals surface area contributed by atoms with E-state index in [1.165, 1.54) is 0 Å². The third kappa shape index (κ3) is 3.29. The Hall–Kier alpha value is -0.940. The molecule has 0 bridgehead atoms. The maximum Gasteiger partial charge on any atom is 0.237 e. The lowest BCUT2D eigenvalue weighted by atomic mass is 9.78. The molecule has 0 saturated carbocycles. The Labute approximate surface area is 118 Å². The Balaban J connectivity index is 2.93. The first kappa shape index (κ1) is 15.1. The van der Waals surface area contributed by atoms with Gasteiger partial charge in [-0.3, -0.25) is 4.79 Å². The van der Waals surface area contributed by atoms with E-state index < -0.39 is 5.41 Å². The largest absolute Gasteiger partial charge is 0.392 e. The number of carbonyl (C=O) groups is 1. The van der Waals surface area contributed by atoms with Crippen LogP contribution in [0.2, 0.25) is 0 Å². The van der Waals surface area contributed by atoms with E-state index in [9.17, 15) is 4.79 Å². The van der Waals surface area contributed by atoms with Gasteiger partial charge in [-0.15, -0.1) is 0 Å². The molecule has 1 rings (SSSR count). The summed E-state index contributed by atoms with van der Waals surface area (Å²) in [5, 5.41) is 6.75. The first-order valence-corrected chi connectivity index (χ1v) is 7.55. The van der Waals surface area contributed by atoms with Crippen molar-refractivity contribution in [3.8, 4) is 0 Å². The third-order valence-electron chi connectivity index (χ3n) is 3.04. The van der Waals surface area contributed by atoms with Gasteiger partial charge >= 0.3 is 0 Å². The molecule has 0 saturated heterocycles. The Morgan fingerprint density at radius 3 is 2.44 bits per heavy atom. The molecule has 0 unspecified atom stereocenters. The zero-order valence-corrected chi connectivity index (χ0v) is 12.5. The highest BCUT2D eigenvalue weighted by atomic mass is 32.1. The molecule has 0 aromatic carbocycles. The quantitative estimate of drug-likeness (QED) is 0.753. The van der Waals surface area contributed by atoms with E-state index in [0.29, 0.717) is 17.8 Å². The van der Waals surface area contributed by atoms with Crippen LogP contribution >= 0.6 is 23.6 Å². The second-order valence-electron chi connectivity index (χ2n) is 4.41. The Kier molecular flexibility index (Phi) is 5.75. The minimum Gasteiger partial charge on any atom is -0.392 e. The zero-order chi connectivity index (χ0) is 13.6. The predicted octanol–water partition coefficient (Wildman–Crippen LogP) is 3.56. The summed E-state index contributed by atoms with van der Waals surface area (Å²) in [5.41, 5.74) is 5.96. The van der Waals surface area contributed by atoms with Crippen molar-refractivity contribution in [1.82, 2.24) is 0 Å². The van der Waals surface area contributed by atoms with Crippen molar-refractivity contribution in [2.45, 2.75) is 39.5 Å². The molecule has 1 amide bonds. The van der Waals surface area contributed by atoms with Gasteiger partial charge in [0, 0.05) is 5.38 Å². The number of anilines is 1. The van der Waals surface area contributed by atoms with Crippen LogP contribution < -0.4 is 11.1 Å². The lowest BCUT2D eigenvalue weighted by molar-refractivity contribution is -0.122. The van der Waals surface area contributed by atoms with Crippen LogP contribution in [0.25, 0.3) is 0 Å². The molecule has 0 aliphatic heterocycles. The molecule has 1 aromatic heterocycles. The average molecular weight is 284 g/mol. The van der Waals surface area contributed by atoms with Gasteiger partial charge in [-0.1, -0.05) is 38.9 Å². The van der Waals surface area contributed by atoms with Crippen molar-refractivity contribution in [2.75, 3.05) is 5.32 Å². The van der Waals surface area contributed by atoms with Gasteiger partial charge in [0.05, 0.1) is 16.1 Å². The number of thiocarbonyl (C=S) groups is 1. The first-order valence-electron chi connectivity index (χ1n) is 6.20. The van der Waals surface area contributed by atoms with E-state index in [-0.39, 0.29) is 5.91 Å². The monoisotopic (exact) mass is 284 g/mol. The summed E-state index contributed by atoms with van der Waals surface area (Å²) in [6.07, 6.45) is 3.17. The number of carbonyl (C=O) groups excluding carboxylic acids is 1. The smallest absolute Gasteiger partial charge is 0.237 e. The highest BCUT2D eigenvalue weighted by molar-refractivity contribution is 7.80. The molecule has 0 aliphatic rings. The second kappa shape index (κ2) is 6.85. The normalized spacial score (nSPS) is 11.2. The fourth-order valence-corrected chi connectivity index (χ4v) is 3.03. The van der Waals surface area contributed by atoms with E-state index in [0.717, 1.165) is 18.5 Å². The minimum atomic E-state index is -0.708. The summed E-state index contributed by atoms with van der Waals surface area (Å²) < 4.78 is 0. The summed E-state index contributed by atoms with van der Waals surface area (Å²) in [4.78, 5) is 12.8. The number of nitrogens with two attached hydrogens (primary N) is 1. The molecule has 0 atom stereocenters. The van der Waals surface area contributed by atoms with E-state index in [1.807, 2.05) is 30.7 Å². The van der Waals surface area contributed by atoms with E-state index in [4.69, 9.17) is 18.0 Å². The van der Waals surface area contributed by atoms with Crippen LogP contribution in [0.4, 0.5) is 5.69 Å². The molecule has 0 fully saturated rings. The lowest BCUT2D eigenvalue weighted by Crippen LogP contribution is -2.45. The van der Waals surface area contributed by atoms with Crippen molar-refractivity contribution in [1.29, 1.82) is 0 Å². The molecule has 3 N–H and O–H groups in total.